The number of nitrogens with zero attached hydrogens (tertiary/aromatic N) is 1. The number of aryl methyl sites for hydroxylation is 1. The Hall–Kier alpha value is -3.47. The van der Waals surface area contributed by atoms with E-state index < -0.39 is 0 Å². The van der Waals surface area contributed by atoms with Gasteiger partial charge in [0.1, 0.15) is 5.69 Å². The van der Waals surface area contributed by atoms with E-state index in [0.29, 0.717) is 22.9 Å². The van der Waals surface area contributed by atoms with Gasteiger partial charge in [-0.25, -0.2) is 0 Å². The quantitative estimate of drug-likeness (QED) is 0.660. The third-order valence-electron chi connectivity index (χ3n) is 4.37. The Morgan fingerprint density at radius 3 is 2.25 bits per heavy atom. The molecule has 5 heteroatoms. The van der Waals surface area contributed by atoms with Crippen molar-refractivity contribution in [2.24, 2.45) is 0 Å². The van der Waals surface area contributed by atoms with Crippen molar-refractivity contribution in [3.8, 4) is 0 Å². The zero-order valence-electron chi connectivity index (χ0n) is 16.2. The number of rotatable bonds is 5. The number of anilines is 2. The number of benzene rings is 2. The number of pyridine rings is 1. The van der Waals surface area contributed by atoms with Crippen LogP contribution in [0.4, 0.5) is 11.4 Å². The highest BCUT2D eigenvalue weighted by molar-refractivity contribution is 6.07. The second kappa shape index (κ2) is 8.48. The Labute approximate surface area is 164 Å². The number of carbonyl (C=O) groups is 2. The van der Waals surface area contributed by atoms with Crippen molar-refractivity contribution in [3.63, 3.8) is 0 Å². The molecule has 0 saturated carbocycles. The van der Waals surface area contributed by atoms with Gasteiger partial charge in [0.15, 0.2) is 0 Å². The van der Waals surface area contributed by atoms with E-state index in [9.17, 15) is 9.59 Å². The molecule has 142 valence electrons. The Balaban J connectivity index is 1.71. The molecule has 2 aromatic carbocycles. The first-order valence-corrected chi connectivity index (χ1v) is 9.18. The van der Waals surface area contributed by atoms with Crippen LogP contribution in [0.1, 0.15) is 51.7 Å². The molecule has 1 aromatic heterocycles. The predicted molar refractivity (Wildman–Crippen MR) is 112 cm³/mol. The lowest BCUT2D eigenvalue weighted by Gasteiger charge is -2.09. The van der Waals surface area contributed by atoms with Crippen LogP contribution in [0, 0.1) is 6.92 Å². The molecule has 0 radical (unpaired) electrons. The third kappa shape index (κ3) is 4.82. The Kier molecular flexibility index (Phi) is 5.84. The zero-order valence-corrected chi connectivity index (χ0v) is 16.2. The molecule has 1 heterocycles. The maximum absolute atomic E-state index is 12.5. The fourth-order valence-corrected chi connectivity index (χ4v) is 2.77. The van der Waals surface area contributed by atoms with Gasteiger partial charge in [0.25, 0.3) is 11.8 Å². The van der Waals surface area contributed by atoms with Gasteiger partial charge in [-0.1, -0.05) is 38.1 Å². The third-order valence-corrected chi connectivity index (χ3v) is 4.37. The highest BCUT2D eigenvalue weighted by Gasteiger charge is 2.13. The fourth-order valence-electron chi connectivity index (χ4n) is 2.77. The van der Waals surface area contributed by atoms with Gasteiger partial charge in [0.05, 0.1) is 0 Å². The summed E-state index contributed by atoms with van der Waals surface area (Å²) >= 11 is 0. The van der Waals surface area contributed by atoms with Crippen LogP contribution in [0.25, 0.3) is 0 Å². The molecule has 0 bridgehead atoms. The molecule has 0 atom stereocenters. The molecule has 3 rings (SSSR count). The summed E-state index contributed by atoms with van der Waals surface area (Å²) < 4.78 is 0. The Bertz CT molecular complexity index is 995. The van der Waals surface area contributed by atoms with E-state index >= 15 is 0 Å². The van der Waals surface area contributed by atoms with Crippen LogP contribution >= 0.6 is 0 Å². The van der Waals surface area contributed by atoms with Gasteiger partial charge in [0.2, 0.25) is 0 Å². The summed E-state index contributed by atoms with van der Waals surface area (Å²) in [6.45, 7) is 6.19. The summed E-state index contributed by atoms with van der Waals surface area (Å²) in [7, 11) is 0. The van der Waals surface area contributed by atoms with Crippen molar-refractivity contribution in [3.05, 3.63) is 89.2 Å². The molecular weight excluding hydrogens is 350 g/mol. The van der Waals surface area contributed by atoms with E-state index in [1.54, 1.807) is 6.07 Å². The topological polar surface area (TPSA) is 71.1 Å². The Morgan fingerprint density at radius 1 is 0.857 bits per heavy atom. The van der Waals surface area contributed by atoms with E-state index in [2.05, 4.69) is 29.5 Å². The lowest BCUT2D eigenvalue weighted by molar-refractivity contribution is 0.102. The van der Waals surface area contributed by atoms with E-state index in [-0.39, 0.29) is 17.5 Å². The molecule has 28 heavy (non-hydrogen) atoms. The molecule has 0 unspecified atom stereocenters. The number of amides is 2. The number of carbonyl (C=O) groups excluding carboxylic acids is 2. The second-order valence-electron chi connectivity index (χ2n) is 6.98. The summed E-state index contributed by atoms with van der Waals surface area (Å²) in [5.41, 5.74) is 4.20. The average molecular weight is 373 g/mol. The van der Waals surface area contributed by atoms with Crippen LogP contribution in [-0.4, -0.2) is 16.8 Å². The molecule has 0 fully saturated rings. The van der Waals surface area contributed by atoms with Crippen LogP contribution in [0.3, 0.4) is 0 Å². The minimum absolute atomic E-state index is 0.185. The molecule has 3 aromatic rings. The summed E-state index contributed by atoms with van der Waals surface area (Å²) in [5, 5.41) is 5.65. The fraction of sp³-hybridized carbons (Fsp3) is 0.174. The summed E-state index contributed by atoms with van der Waals surface area (Å²) in [6.07, 6.45) is 1.46. The van der Waals surface area contributed by atoms with Crippen LogP contribution in [-0.2, 0) is 0 Å². The molecule has 0 spiro atoms. The van der Waals surface area contributed by atoms with Crippen molar-refractivity contribution < 1.29 is 9.59 Å². The van der Waals surface area contributed by atoms with E-state index in [1.807, 2.05) is 55.5 Å². The van der Waals surface area contributed by atoms with Gasteiger partial charge in [-0.2, -0.15) is 0 Å². The predicted octanol–water partition coefficient (Wildman–Crippen LogP) is 5.02. The number of hydrogen-bond donors (Lipinski definition) is 2. The monoisotopic (exact) mass is 373 g/mol. The first-order chi connectivity index (χ1) is 13.4. The SMILES string of the molecule is Cc1cccc(NC(=O)c2cc(C(=O)Nc3ccc(C(C)C)cc3)ccn2)c1. The number of hydrogen-bond acceptors (Lipinski definition) is 3. The van der Waals surface area contributed by atoms with Gasteiger partial charge < -0.3 is 10.6 Å². The van der Waals surface area contributed by atoms with Gasteiger partial charge in [-0.15, -0.1) is 0 Å². The summed E-state index contributed by atoms with van der Waals surface area (Å²) in [5.74, 6) is -0.217. The standard InChI is InChI=1S/C23H23N3O2/c1-15(2)17-7-9-19(10-8-17)25-22(27)18-11-12-24-21(14-18)23(28)26-20-6-4-5-16(3)13-20/h4-15H,1-3H3,(H,25,27)(H,26,28). The van der Waals surface area contributed by atoms with E-state index in [0.717, 1.165) is 5.56 Å². The van der Waals surface area contributed by atoms with Crippen LogP contribution < -0.4 is 10.6 Å². The molecular formula is C23H23N3O2. The molecule has 0 aliphatic rings. The first-order valence-electron chi connectivity index (χ1n) is 9.18. The largest absolute Gasteiger partial charge is 0.322 e. The van der Waals surface area contributed by atoms with Crippen molar-refractivity contribution in [2.45, 2.75) is 26.7 Å². The highest BCUT2D eigenvalue weighted by Crippen LogP contribution is 2.18. The van der Waals surface area contributed by atoms with Crippen molar-refractivity contribution in [1.29, 1.82) is 0 Å². The maximum atomic E-state index is 12.5. The molecule has 5 nitrogen and oxygen atoms in total. The number of nitrogens with one attached hydrogen (secondary N) is 2. The van der Waals surface area contributed by atoms with Gasteiger partial charge in [-0.3, -0.25) is 14.6 Å². The van der Waals surface area contributed by atoms with Gasteiger partial charge in [0, 0.05) is 23.1 Å². The molecule has 0 aliphatic heterocycles. The average Bonchev–Trinajstić information content (AvgIpc) is 2.68. The van der Waals surface area contributed by atoms with Crippen molar-refractivity contribution in [2.75, 3.05) is 10.6 Å². The second-order valence-corrected chi connectivity index (χ2v) is 6.98. The highest BCUT2D eigenvalue weighted by atomic mass is 16.2. The summed E-state index contributed by atoms with van der Waals surface area (Å²) in [4.78, 5) is 29.1. The van der Waals surface area contributed by atoms with Crippen LogP contribution in [0.15, 0.2) is 66.9 Å². The zero-order chi connectivity index (χ0) is 20.1. The molecule has 2 amide bonds. The minimum atomic E-state index is -0.360. The van der Waals surface area contributed by atoms with Crippen molar-refractivity contribution in [1.82, 2.24) is 4.98 Å². The summed E-state index contributed by atoms with van der Waals surface area (Å²) in [6, 6.07) is 18.3. The lowest BCUT2D eigenvalue weighted by Crippen LogP contribution is -2.17. The lowest BCUT2D eigenvalue weighted by atomic mass is 10.0. The molecule has 0 saturated heterocycles. The Morgan fingerprint density at radius 2 is 1.57 bits per heavy atom. The van der Waals surface area contributed by atoms with Crippen molar-refractivity contribution >= 4 is 23.2 Å². The number of aromatic nitrogens is 1. The van der Waals surface area contributed by atoms with E-state index in [4.69, 9.17) is 0 Å². The van der Waals surface area contributed by atoms with Crippen LogP contribution in [0.2, 0.25) is 0 Å². The normalized spacial score (nSPS) is 10.6. The smallest absolute Gasteiger partial charge is 0.274 e. The van der Waals surface area contributed by atoms with Gasteiger partial charge >= 0.3 is 0 Å². The molecule has 0 aliphatic carbocycles. The van der Waals surface area contributed by atoms with Crippen LogP contribution in [0.5, 0.6) is 0 Å². The van der Waals surface area contributed by atoms with Gasteiger partial charge in [-0.05, 0) is 60.4 Å². The first kappa shape index (κ1) is 19.3. The maximum Gasteiger partial charge on any atom is 0.274 e. The minimum Gasteiger partial charge on any atom is -0.322 e. The van der Waals surface area contributed by atoms with E-state index in [1.165, 1.54) is 17.8 Å². The molecule has 2 N–H and O–H groups in total.